The Morgan fingerprint density at radius 1 is 1.13 bits per heavy atom. The number of benzene rings is 1. The van der Waals surface area contributed by atoms with Crippen LogP contribution in [0, 0.1) is 6.92 Å². The molecule has 0 bridgehead atoms. The van der Waals surface area contributed by atoms with Gasteiger partial charge in [0.05, 0.1) is 11.5 Å². The number of rotatable bonds is 9. The Labute approximate surface area is 181 Å². The number of amides is 2. The van der Waals surface area contributed by atoms with Crippen LogP contribution in [0.1, 0.15) is 43.4 Å². The third-order valence-electron chi connectivity index (χ3n) is 5.27. The lowest BCUT2D eigenvalue weighted by molar-refractivity contribution is -0.114. The second-order valence-electron chi connectivity index (χ2n) is 7.78. The summed E-state index contributed by atoms with van der Waals surface area (Å²) in [5.41, 5.74) is 1.95. The maximum atomic E-state index is 12.4. The molecule has 3 rings (SSSR count). The third kappa shape index (κ3) is 6.88. The summed E-state index contributed by atoms with van der Waals surface area (Å²) in [6.07, 6.45) is 6.43. The van der Waals surface area contributed by atoms with E-state index in [1.54, 1.807) is 13.0 Å². The molecule has 30 heavy (non-hydrogen) atoms. The lowest BCUT2D eigenvalue weighted by Crippen LogP contribution is -2.33. The molecule has 0 atom stereocenters. The molecule has 0 radical (unpaired) electrons. The SMILES string of the molecule is Cc1cc(NC(=O)CSCC(=O)Nc2ccccc2CN(C)C2CCCCC2)no1. The number of aromatic nitrogens is 1. The van der Waals surface area contributed by atoms with Crippen molar-refractivity contribution in [1.82, 2.24) is 10.1 Å². The molecule has 1 aliphatic rings. The highest BCUT2D eigenvalue weighted by molar-refractivity contribution is 8.00. The molecule has 2 N–H and O–H groups in total. The average molecular weight is 431 g/mol. The predicted octanol–water partition coefficient (Wildman–Crippen LogP) is 4.06. The van der Waals surface area contributed by atoms with Crippen LogP contribution in [-0.2, 0) is 16.1 Å². The van der Waals surface area contributed by atoms with E-state index in [0.29, 0.717) is 17.6 Å². The largest absolute Gasteiger partial charge is 0.360 e. The number of para-hydroxylation sites is 1. The van der Waals surface area contributed by atoms with Gasteiger partial charge in [0.25, 0.3) is 0 Å². The molecule has 162 valence electrons. The van der Waals surface area contributed by atoms with E-state index in [9.17, 15) is 9.59 Å². The molecule has 1 aliphatic carbocycles. The number of anilines is 2. The number of carbonyl (C=O) groups excluding carboxylic acids is 2. The van der Waals surface area contributed by atoms with Gasteiger partial charge in [-0.25, -0.2) is 0 Å². The van der Waals surface area contributed by atoms with E-state index in [1.807, 2.05) is 18.2 Å². The summed E-state index contributed by atoms with van der Waals surface area (Å²) in [5, 5.41) is 9.37. The number of thioether (sulfide) groups is 1. The van der Waals surface area contributed by atoms with E-state index >= 15 is 0 Å². The van der Waals surface area contributed by atoms with Crippen LogP contribution >= 0.6 is 11.8 Å². The van der Waals surface area contributed by atoms with Crippen LogP contribution < -0.4 is 10.6 Å². The smallest absolute Gasteiger partial charge is 0.235 e. The van der Waals surface area contributed by atoms with Gasteiger partial charge >= 0.3 is 0 Å². The zero-order chi connectivity index (χ0) is 21.3. The van der Waals surface area contributed by atoms with Crippen molar-refractivity contribution in [2.45, 2.75) is 51.6 Å². The number of carbonyl (C=O) groups is 2. The molecular formula is C22H30N4O3S. The van der Waals surface area contributed by atoms with Crippen molar-refractivity contribution in [2.75, 3.05) is 29.2 Å². The lowest BCUT2D eigenvalue weighted by atomic mass is 9.94. The highest BCUT2D eigenvalue weighted by Crippen LogP contribution is 2.25. The second-order valence-corrected chi connectivity index (χ2v) is 8.76. The molecule has 1 fully saturated rings. The zero-order valence-corrected chi connectivity index (χ0v) is 18.5. The highest BCUT2D eigenvalue weighted by Gasteiger charge is 2.19. The number of nitrogens with one attached hydrogen (secondary N) is 2. The summed E-state index contributed by atoms with van der Waals surface area (Å²) in [5.74, 6) is 1.07. The molecule has 0 unspecified atom stereocenters. The van der Waals surface area contributed by atoms with Crippen LogP contribution in [-0.4, -0.2) is 46.5 Å². The summed E-state index contributed by atoms with van der Waals surface area (Å²) < 4.78 is 4.91. The standard InChI is InChI=1S/C22H30N4O3S/c1-16-12-20(25-29-16)24-22(28)15-30-14-21(27)23-19-11-7-6-8-17(19)13-26(2)18-9-4-3-5-10-18/h6-8,11-12,18H,3-5,9-10,13-15H2,1-2H3,(H,23,27)(H,24,25,28). The first-order valence-corrected chi connectivity index (χ1v) is 11.6. The van der Waals surface area contributed by atoms with Crippen LogP contribution in [0.25, 0.3) is 0 Å². The van der Waals surface area contributed by atoms with Crippen molar-refractivity contribution >= 4 is 35.1 Å². The summed E-state index contributed by atoms with van der Waals surface area (Å²) in [4.78, 5) is 26.7. The summed E-state index contributed by atoms with van der Waals surface area (Å²) in [6, 6.07) is 10.2. The van der Waals surface area contributed by atoms with Gasteiger partial charge in [0.2, 0.25) is 11.8 Å². The van der Waals surface area contributed by atoms with Gasteiger partial charge in [0.15, 0.2) is 5.82 Å². The second kappa shape index (κ2) is 11.2. The first kappa shape index (κ1) is 22.4. The fourth-order valence-corrected chi connectivity index (χ4v) is 4.34. The molecule has 1 aromatic heterocycles. The van der Waals surface area contributed by atoms with Crippen LogP contribution in [0.3, 0.4) is 0 Å². The normalized spacial score (nSPS) is 14.6. The molecule has 0 saturated heterocycles. The lowest BCUT2D eigenvalue weighted by Gasteiger charge is -2.31. The quantitative estimate of drug-likeness (QED) is 0.624. The molecule has 0 aliphatic heterocycles. The van der Waals surface area contributed by atoms with Crippen LogP contribution in [0.2, 0.25) is 0 Å². The Morgan fingerprint density at radius 2 is 1.83 bits per heavy atom. The van der Waals surface area contributed by atoms with Crippen LogP contribution in [0.15, 0.2) is 34.9 Å². The van der Waals surface area contributed by atoms with E-state index < -0.39 is 0 Å². The fraction of sp³-hybridized carbons (Fsp3) is 0.500. The van der Waals surface area contributed by atoms with E-state index in [4.69, 9.17) is 4.52 Å². The van der Waals surface area contributed by atoms with Gasteiger partial charge in [-0.2, -0.15) is 0 Å². The van der Waals surface area contributed by atoms with Gasteiger partial charge in [-0.05, 0) is 38.4 Å². The molecule has 1 saturated carbocycles. The maximum absolute atomic E-state index is 12.4. The molecular weight excluding hydrogens is 400 g/mol. The van der Waals surface area contributed by atoms with Crippen molar-refractivity contribution in [3.63, 3.8) is 0 Å². The fourth-order valence-electron chi connectivity index (χ4n) is 3.73. The molecule has 0 spiro atoms. The summed E-state index contributed by atoms with van der Waals surface area (Å²) in [6.45, 7) is 2.57. The molecule has 1 heterocycles. The molecule has 2 aromatic rings. The first-order chi connectivity index (χ1) is 14.5. The van der Waals surface area contributed by atoms with Crippen molar-refractivity contribution in [1.29, 1.82) is 0 Å². The van der Waals surface area contributed by atoms with Gasteiger partial charge in [-0.1, -0.05) is 42.6 Å². The monoisotopic (exact) mass is 430 g/mol. The molecule has 2 amide bonds. The number of nitrogens with zero attached hydrogens (tertiary/aromatic N) is 2. The van der Waals surface area contributed by atoms with Gasteiger partial charge in [0.1, 0.15) is 5.76 Å². The topological polar surface area (TPSA) is 87.5 Å². The minimum Gasteiger partial charge on any atom is -0.360 e. The predicted molar refractivity (Wildman–Crippen MR) is 121 cm³/mol. The molecule has 1 aromatic carbocycles. The van der Waals surface area contributed by atoms with E-state index in [0.717, 1.165) is 17.8 Å². The maximum Gasteiger partial charge on any atom is 0.235 e. The number of hydrogen-bond acceptors (Lipinski definition) is 6. The number of aryl methyl sites for hydroxylation is 1. The Balaban J connectivity index is 1.45. The van der Waals surface area contributed by atoms with Gasteiger partial charge in [0, 0.05) is 24.3 Å². The minimum absolute atomic E-state index is 0.113. The van der Waals surface area contributed by atoms with Crippen molar-refractivity contribution < 1.29 is 14.1 Å². The van der Waals surface area contributed by atoms with Crippen LogP contribution in [0.4, 0.5) is 11.5 Å². The van der Waals surface area contributed by atoms with Crippen molar-refractivity contribution in [3.8, 4) is 0 Å². The van der Waals surface area contributed by atoms with Gasteiger partial charge in [-0.3, -0.25) is 14.5 Å². The van der Waals surface area contributed by atoms with Crippen molar-refractivity contribution in [2.24, 2.45) is 0 Å². The molecule has 8 heteroatoms. The van der Waals surface area contributed by atoms with Gasteiger partial charge < -0.3 is 15.2 Å². The first-order valence-electron chi connectivity index (χ1n) is 10.4. The Bertz CT molecular complexity index is 848. The Hall–Kier alpha value is -2.32. The average Bonchev–Trinajstić information content (AvgIpc) is 3.14. The number of hydrogen-bond donors (Lipinski definition) is 2. The molecule has 7 nitrogen and oxygen atoms in total. The van der Waals surface area contributed by atoms with Crippen LogP contribution in [0.5, 0.6) is 0 Å². The van der Waals surface area contributed by atoms with E-state index in [2.05, 4.69) is 33.8 Å². The Morgan fingerprint density at radius 3 is 2.53 bits per heavy atom. The zero-order valence-electron chi connectivity index (χ0n) is 17.6. The highest BCUT2D eigenvalue weighted by atomic mass is 32.2. The summed E-state index contributed by atoms with van der Waals surface area (Å²) >= 11 is 1.26. The summed E-state index contributed by atoms with van der Waals surface area (Å²) in [7, 11) is 2.17. The minimum atomic E-state index is -0.212. The van der Waals surface area contributed by atoms with Gasteiger partial charge in [-0.15, -0.1) is 11.8 Å². The third-order valence-corrected chi connectivity index (χ3v) is 6.20. The van der Waals surface area contributed by atoms with E-state index in [1.165, 1.54) is 43.9 Å². The Kier molecular flexibility index (Phi) is 8.33. The van der Waals surface area contributed by atoms with E-state index in [-0.39, 0.29) is 23.3 Å². The van der Waals surface area contributed by atoms with Crippen molar-refractivity contribution in [3.05, 3.63) is 41.7 Å².